The Kier molecular flexibility index (Phi) is 13.0. The van der Waals surface area contributed by atoms with E-state index in [2.05, 4.69) is 70.3 Å². The fraction of sp³-hybridized carbons (Fsp3) is 0.333. The predicted molar refractivity (Wildman–Crippen MR) is 67.1 cm³/mol. The normalized spacial score (nSPS) is 11.0. The van der Waals surface area contributed by atoms with Crippen LogP contribution in [0.15, 0.2) is 61.2 Å². The first-order valence-corrected chi connectivity index (χ1v) is 10.0. The average Bonchev–Trinajstić information content (AvgIpc) is 2.53. The number of aromatic nitrogens is 2. The zero-order chi connectivity index (χ0) is 20.8. The van der Waals surface area contributed by atoms with Gasteiger partial charge in [-0.05, 0) is 6.42 Å². The van der Waals surface area contributed by atoms with Crippen molar-refractivity contribution < 1.29 is 66.9 Å². The molecular formula is C15H20Cl2N2O8. The molecule has 2 rings (SSSR count). The maximum atomic E-state index is 8.49. The van der Waals surface area contributed by atoms with E-state index in [1.165, 1.54) is 19.3 Å². The molecule has 0 atom stereocenters. The molecule has 0 aliphatic carbocycles. The van der Waals surface area contributed by atoms with Gasteiger partial charge in [0.2, 0.25) is 0 Å². The Morgan fingerprint density at radius 1 is 0.444 bits per heavy atom. The van der Waals surface area contributed by atoms with Crippen LogP contribution in [0.25, 0.3) is 0 Å². The molecule has 0 N–H and O–H groups in total. The van der Waals surface area contributed by atoms with Crippen molar-refractivity contribution in [2.24, 2.45) is 0 Å². The SMILES string of the molecule is [O-][Cl+3]([O-])([O-])[O-].[O-][Cl+3]([O-])([O-])[O-].c1cc[n+](CCCCC[n+]2ccccc2)cc1. The van der Waals surface area contributed by atoms with Crippen LogP contribution in [-0.2, 0) is 13.1 Å². The molecule has 0 fully saturated rings. The number of nitrogens with zero attached hydrogens (tertiary/aromatic N) is 2. The molecule has 152 valence electrons. The smallest absolute Gasteiger partial charge is 0.168 e. The Morgan fingerprint density at radius 2 is 0.704 bits per heavy atom. The second-order valence-corrected chi connectivity index (χ2v) is 6.56. The molecule has 0 saturated heterocycles. The van der Waals surface area contributed by atoms with E-state index >= 15 is 0 Å². The average molecular weight is 427 g/mol. The topological polar surface area (TPSA) is 192 Å². The van der Waals surface area contributed by atoms with Gasteiger partial charge in [0, 0.05) is 37.1 Å². The van der Waals surface area contributed by atoms with Crippen LogP contribution in [-0.4, -0.2) is 0 Å². The van der Waals surface area contributed by atoms with Gasteiger partial charge < -0.3 is 0 Å². The molecule has 0 amide bonds. The highest BCUT2D eigenvalue weighted by Crippen LogP contribution is 1.95. The van der Waals surface area contributed by atoms with Crippen LogP contribution >= 0.6 is 0 Å². The molecule has 2 heterocycles. The highest BCUT2D eigenvalue weighted by atomic mass is 35.7. The summed E-state index contributed by atoms with van der Waals surface area (Å²) in [7, 11) is -9.89. The lowest BCUT2D eigenvalue weighted by atomic mass is 10.2. The highest BCUT2D eigenvalue weighted by molar-refractivity contribution is 4.84. The van der Waals surface area contributed by atoms with Gasteiger partial charge in [-0.1, -0.05) is 12.1 Å². The zero-order valence-electron chi connectivity index (χ0n) is 14.2. The lowest BCUT2D eigenvalue weighted by Gasteiger charge is -2.17. The lowest BCUT2D eigenvalue weighted by molar-refractivity contribution is -2.00. The van der Waals surface area contributed by atoms with Crippen LogP contribution in [0, 0.1) is 20.5 Å². The Bertz CT molecular complexity index is 529. The summed E-state index contributed by atoms with van der Waals surface area (Å²) >= 11 is 0. The second kappa shape index (κ2) is 13.7. The van der Waals surface area contributed by atoms with Crippen molar-refractivity contribution >= 4 is 0 Å². The summed E-state index contributed by atoms with van der Waals surface area (Å²) in [5.74, 6) is 0. The molecular weight excluding hydrogens is 407 g/mol. The van der Waals surface area contributed by atoms with Crippen LogP contribution in [0.4, 0.5) is 0 Å². The van der Waals surface area contributed by atoms with Gasteiger partial charge >= 0.3 is 0 Å². The number of hydrogen-bond acceptors (Lipinski definition) is 8. The number of hydrogen-bond donors (Lipinski definition) is 0. The largest absolute Gasteiger partial charge is 0.222 e. The minimum Gasteiger partial charge on any atom is -0.222 e. The molecule has 0 bridgehead atoms. The van der Waals surface area contributed by atoms with Crippen LogP contribution in [0.2, 0.25) is 0 Å². The maximum Gasteiger partial charge on any atom is 0.168 e. The summed E-state index contributed by atoms with van der Waals surface area (Å²) in [4.78, 5) is 0. The first kappa shape index (κ1) is 25.6. The van der Waals surface area contributed by atoms with Crippen LogP contribution < -0.4 is 46.4 Å². The molecule has 10 nitrogen and oxygen atoms in total. The fourth-order valence-electron chi connectivity index (χ4n) is 1.93. The number of pyridine rings is 2. The number of unbranched alkanes of at least 4 members (excludes halogenated alkanes) is 2. The molecule has 0 radical (unpaired) electrons. The monoisotopic (exact) mass is 426 g/mol. The van der Waals surface area contributed by atoms with E-state index in [0.717, 1.165) is 13.1 Å². The fourth-order valence-corrected chi connectivity index (χ4v) is 1.93. The summed E-state index contributed by atoms with van der Waals surface area (Å²) in [5.41, 5.74) is 0. The van der Waals surface area contributed by atoms with Crippen molar-refractivity contribution in [3.05, 3.63) is 61.2 Å². The summed E-state index contributed by atoms with van der Waals surface area (Å²) < 4.78 is 72.4. The van der Waals surface area contributed by atoms with Gasteiger partial charge in [-0.2, -0.15) is 0 Å². The van der Waals surface area contributed by atoms with Crippen molar-refractivity contribution in [1.29, 1.82) is 0 Å². The lowest BCUT2D eigenvalue weighted by Crippen LogP contribution is -2.68. The van der Waals surface area contributed by atoms with E-state index in [-0.39, 0.29) is 0 Å². The predicted octanol–water partition coefficient (Wildman–Crippen LogP) is -7.38. The van der Waals surface area contributed by atoms with Gasteiger partial charge in [-0.25, -0.2) is 46.4 Å². The highest BCUT2D eigenvalue weighted by Gasteiger charge is 2.00. The summed E-state index contributed by atoms with van der Waals surface area (Å²) in [6.45, 7) is 2.25. The number of rotatable bonds is 6. The number of halogens is 2. The van der Waals surface area contributed by atoms with E-state index in [0.29, 0.717) is 0 Å². The Balaban J connectivity index is 0.000000563. The van der Waals surface area contributed by atoms with Crippen molar-refractivity contribution in [3.8, 4) is 0 Å². The maximum absolute atomic E-state index is 8.49. The van der Waals surface area contributed by atoms with E-state index < -0.39 is 20.5 Å². The minimum absolute atomic E-state index is 1.13. The summed E-state index contributed by atoms with van der Waals surface area (Å²) in [6.07, 6.45) is 12.3. The minimum atomic E-state index is -4.94. The van der Waals surface area contributed by atoms with Gasteiger partial charge in [0.1, 0.15) is 13.1 Å². The Morgan fingerprint density at radius 3 is 0.963 bits per heavy atom. The molecule has 0 aliphatic heterocycles. The van der Waals surface area contributed by atoms with Crippen molar-refractivity contribution in [2.45, 2.75) is 32.4 Å². The molecule has 0 aliphatic rings. The Hall–Kier alpha value is -1.44. The second-order valence-electron chi connectivity index (χ2n) is 5.04. The standard InChI is InChI=1S/C15H20N2.2ClHO4/c1-4-10-16(11-5-1)14-8-3-9-15-17-12-6-2-7-13-17;2*2-1(3,4)5/h1-2,4-7,10-13H,3,8-9,14-15H2;2*(H,2,3,4,5)/q+2;;/p-2. The van der Waals surface area contributed by atoms with Crippen LogP contribution in [0.1, 0.15) is 19.3 Å². The molecule has 27 heavy (non-hydrogen) atoms. The first-order valence-electron chi connectivity index (χ1n) is 7.57. The molecule has 12 heteroatoms. The summed E-state index contributed by atoms with van der Waals surface area (Å²) in [5, 5.41) is 0. The molecule has 0 spiro atoms. The van der Waals surface area contributed by atoms with E-state index in [9.17, 15) is 0 Å². The van der Waals surface area contributed by atoms with Crippen molar-refractivity contribution in [2.75, 3.05) is 0 Å². The van der Waals surface area contributed by atoms with E-state index in [4.69, 9.17) is 37.3 Å². The quantitative estimate of drug-likeness (QED) is 0.320. The van der Waals surface area contributed by atoms with Crippen LogP contribution in [0.3, 0.4) is 0 Å². The molecule has 2 aromatic heterocycles. The molecule has 0 unspecified atom stereocenters. The van der Waals surface area contributed by atoms with Crippen LogP contribution in [0.5, 0.6) is 0 Å². The van der Waals surface area contributed by atoms with Gasteiger partial charge in [-0.3, -0.25) is 0 Å². The van der Waals surface area contributed by atoms with Gasteiger partial charge in [0.15, 0.2) is 24.8 Å². The van der Waals surface area contributed by atoms with Gasteiger partial charge in [0.25, 0.3) is 0 Å². The molecule has 0 aromatic carbocycles. The third-order valence-electron chi connectivity index (χ3n) is 2.89. The van der Waals surface area contributed by atoms with Gasteiger partial charge in [0.05, 0.1) is 0 Å². The number of aryl methyl sites for hydroxylation is 2. The molecule has 2 aromatic rings. The summed E-state index contributed by atoms with van der Waals surface area (Å²) in [6, 6.07) is 12.4. The van der Waals surface area contributed by atoms with Crippen molar-refractivity contribution in [3.63, 3.8) is 0 Å². The third kappa shape index (κ3) is 24.6. The molecule has 0 saturated carbocycles. The third-order valence-corrected chi connectivity index (χ3v) is 2.89. The van der Waals surface area contributed by atoms with E-state index in [1.807, 2.05) is 0 Å². The van der Waals surface area contributed by atoms with E-state index in [1.54, 1.807) is 0 Å². The Labute approximate surface area is 160 Å². The zero-order valence-corrected chi connectivity index (χ0v) is 15.7. The van der Waals surface area contributed by atoms with Gasteiger partial charge in [-0.15, -0.1) is 20.5 Å². The van der Waals surface area contributed by atoms with Crippen molar-refractivity contribution in [1.82, 2.24) is 0 Å². The first-order chi connectivity index (χ1) is 12.4.